The molecule has 1 N–H and O–H groups in total. The number of Topliss-reactive ketones (excluding diaryl/α,β-unsaturated/α-hetero) is 1. The van der Waals surface area contributed by atoms with Crippen molar-refractivity contribution in [3.05, 3.63) is 47.9 Å². The molecule has 1 saturated heterocycles. The van der Waals surface area contributed by atoms with Crippen LogP contribution < -0.4 is 9.47 Å². The van der Waals surface area contributed by atoms with Gasteiger partial charge in [-0.1, -0.05) is 12.1 Å². The third-order valence-corrected chi connectivity index (χ3v) is 5.90. The number of imidazole rings is 1. The van der Waals surface area contributed by atoms with Crippen LogP contribution in [0.5, 0.6) is 11.6 Å². The van der Waals surface area contributed by atoms with E-state index < -0.39 is 0 Å². The Kier molecular flexibility index (Phi) is 4.67. The van der Waals surface area contributed by atoms with Crippen molar-refractivity contribution in [1.82, 2.24) is 19.9 Å². The maximum atomic E-state index is 12.9. The van der Waals surface area contributed by atoms with Crippen LogP contribution in [0.3, 0.4) is 0 Å². The summed E-state index contributed by atoms with van der Waals surface area (Å²) in [6, 6.07) is 10.0. The van der Waals surface area contributed by atoms with E-state index in [-0.39, 0.29) is 11.8 Å². The molecule has 29 heavy (non-hydrogen) atoms. The predicted octanol–water partition coefficient (Wildman–Crippen LogP) is 3.39. The molecule has 0 spiro atoms. The van der Waals surface area contributed by atoms with Crippen molar-refractivity contribution in [3.8, 4) is 11.6 Å². The first-order valence-electron chi connectivity index (χ1n) is 10.1. The number of hydrogen-bond donors (Lipinski definition) is 1. The van der Waals surface area contributed by atoms with Gasteiger partial charge in [0, 0.05) is 18.2 Å². The van der Waals surface area contributed by atoms with Gasteiger partial charge in [0.25, 0.3) is 5.88 Å². The zero-order valence-corrected chi connectivity index (χ0v) is 16.4. The predicted molar refractivity (Wildman–Crippen MR) is 108 cm³/mol. The maximum Gasteiger partial charge on any atom is 0.257 e. The lowest BCUT2D eigenvalue weighted by atomic mass is 9.86. The summed E-state index contributed by atoms with van der Waals surface area (Å²) in [7, 11) is 2.13. The van der Waals surface area contributed by atoms with Gasteiger partial charge in [-0.3, -0.25) is 9.69 Å². The highest BCUT2D eigenvalue weighted by atomic mass is 16.6. The number of nitrogens with zero attached hydrogens (tertiary/aromatic N) is 3. The highest BCUT2D eigenvalue weighted by Crippen LogP contribution is 2.35. The second-order valence-corrected chi connectivity index (χ2v) is 7.88. The van der Waals surface area contributed by atoms with Gasteiger partial charge in [-0.25, -0.2) is 9.97 Å². The number of rotatable bonds is 4. The van der Waals surface area contributed by atoms with E-state index in [1.54, 1.807) is 12.3 Å². The summed E-state index contributed by atoms with van der Waals surface area (Å²) in [5, 5.41) is 0. The van der Waals surface area contributed by atoms with E-state index in [4.69, 9.17) is 14.5 Å². The minimum absolute atomic E-state index is 0.104. The van der Waals surface area contributed by atoms with Gasteiger partial charge in [0.1, 0.15) is 19.0 Å². The number of ether oxygens (including phenoxy) is 2. The first kappa shape index (κ1) is 18.1. The van der Waals surface area contributed by atoms with Crippen LogP contribution in [-0.2, 0) is 0 Å². The SMILES string of the molecule is CN1CCC(CC(=O)c2cnc3c(c2)OCCO3)C[C@@H]1c1nc2ccccc2[nH]1. The Morgan fingerprint density at radius 2 is 2.14 bits per heavy atom. The average Bonchev–Trinajstić information content (AvgIpc) is 3.18. The molecular weight excluding hydrogens is 368 g/mol. The molecule has 0 radical (unpaired) electrons. The van der Waals surface area contributed by atoms with Gasteiger partial charge in [0.2, 0.25) is 0 Å². The van der Waals surface area contributed by atoms with Crippen LogP contribution in [0.4, 0.5) is 0 Å². The molecule has 0 saturated carbocycles. The van der Waals surface area contributed by atoms with Gasteiger partial charge in [-0.15, -0.1) is 0 Å². The minimum atomic E-state index is 0.104. The molecule has 1 unspecified atom stereocenters. The first-order valence-corrected chi connectivity index (χ1v) is 10.1. The van der Waals surface area contributed by atoms with Crippen molar-refractivity contribution >= 4 is 16.8 Å². The topological polar surface area (TPSA) is 80.3 Å². The Labute approximate surface area is 169 Å². The molecule has 7 nitrogen and oxygen atoms in total. The number of fused-ring (bicyclic) bond motifs is 2. The van der Waals surface area contributed by atoms with E-state index in [1.807, 2.05) is 24.3 Å². The number of aromatic amines is 1. The molecule has 0 amide bonds. The fraction of sp³-hybridized carbons (Fsp3) is 0.409. The number of para-hydroxylation sites is 2. The number of piperidine rings is 1. The lowest BCUT2D eigenvalue weighted by Gasteiger charge is -2.35. The highest BCUT2D eigenvalue weighted by molar-refractivity contribution is 5.96. The zero-order valence-electron chi connectivity index (χ0n) is 16.4. The second kappa shape index (κ2) is 7.48. The lowest BCUT2D eigenvalue weighted by Crippen LogP contribution is -2.35. The summed E-state index contributed by atoms with van der Waals surface area (Å²) in [5.41, 5.74) is 2.63. The maximum absolute atomic E-state index is 12.9. The Morgan fingerprint density at radius 3 is 3.03 bits per heavy atom. The summed E-state index contributed by atoms with van der Waals surface area (Å²) < 4.78 is 11.0. The Morgan fingerprint density at radius 1 is 1.28 bits per heavy atom. The van der Waals surface area contributed by atoms with Gasteiger partial charge in [-0.2, -0.15) is 0 Å². The standard InChI is InChI=1S/C22H24N4O3/c1-26-7-6-14(10-18(26)21-24-16-4-2-3-5-17(16)25-21)11-19(27)15-12-20-22(23-13-15)29-9-8-28-20/h2-5,12-14,18H,6-11H2,1H3,(H,24,25)/t14?,18-/m1/s1. The van der Waals surface area contributed by atoms with Crippen molar-refractivity contribution in [3.63, 3.8) is 0 Å². The Bertz CT molecular complexity index is 1010. The average molecular weight is 392 g/mol. The molecule has 2 aliphatic heterocycles. The Hall–Kier alpha value is -2.93. The molecule has 1 fully saturated rings. The number of nitrogens with one attached hydrogen (secondary N) is 1. The summed E-state index contributed by atoms with van der Waals surface area (Å²) in [6.07, 6.45) is 4.00. The van der Waals surface area contributed by atoms with Gasteiger partial charge in [0.05, 0.1) is 17.1 Å². The number of carbonyl (C=O) groups excluding carboxylic acids is 1. The van der Waals surface area contributed by atoms with Crippen molar-refractivity contribution in [1.29, 1.82) is 0 Å². The van der Waals surface area contributed by atoms with Crippen LogP contribution in [0.25, 0.3) is 11.0 Å². The highest BCUT2D eigenvalue weighted by Gasteiger charge is 2.31. The molecule has 4 heterocycles. The molecule has 0 aliphatic carbocycles. The number of likely N-dealkylation sites (tertiary alicyclic amines) is 1. The van der Waals surface area contributed by atoms with E-state index in [9.17, 15) is 4.79 Å². The van der Waals surface area contributed by atoms with Crippen molar-refractivity contribution in [2.24, 2.45) is 5.92 Å². The van der Waals surface area contributed by atoms with E-state index in [0.29, 0.717) is 42.7 Å². The molecule has 0 bridgehead atoms. The van der Waals surface area contributed by atoms with E-state index in [1.165, 1.54) is 0 Å². The molecular formula is C22H24N4O3. The smallest absolute Gasteiger partial charge is 0.257 e. The third-order valence-electron chi connectivity index (χ3n) is 5.90. The molecule has 3 aromatic rings. The largest absolute Gasteiger partial charge is 0.484 e. The number of carbonyl (C=O) groups is 1. The van der Waals surface area contributed by atoms with Gasteiger partial charge >= 0.3 is 0 Å². The Balaban J connectivity index is 1.30. The second-order valence-electron chi connectivity index (χ2n) is 7.88. The van der Waals surface area contributed by atoms with Crippen molar-refractivity contribution in [2.45, 2.75) is 25.3 Å². The van der Waals surface area contributed by atoms with E-state index in [2.05, 4.69) is 21.9 Å². The molecule has 2 atom stereocenters. The zero-order chi connectivity index (χ0) is 19.8. The monoisotopic (exact) mass is 392 g/mol. The van der Waals surface area contributed by atoms with Gasteiger partial charge < -0.3 is 14.5 Å². The first-order chi connectivity index (χ1) is 14.2. The quantitative estimate of drug-likeness (QED) is 0.686. The van der Waals surface area contributed by atoms with Gasteiger partial charge in [0.15, 0.2) is 11.5 Å². The van der Waals surface area contributed by atoms with Crippen LogP contribution in [0.1, 0.15) is 41.5 Å². The summed E-state index contributed by atoms with van der Waals surface area (Å²) in [5.74, 6) is 2.42. The minimum Gasteiger partial charge on any atom is -0.484 e. The van der Waals surface area contributed by atoms with Crippen molar-refractivity contribution in [2.75, 3.05) is 26.8 Å². The number of hydrogen-bond acceptors (Lipinski definition) is 6. The molecule has 2 aliphatic rings. The van der Waals surface area contributed by atoms with Gasteiger partial charge in [-0.05, 0) is 50.6 Å². The van der Waals surface area contributed by atoms with E-state index >= 15 is 0 Å². The molecule has 2 aromatic heterocycles. The molecule has 1 aromatic carbocycles. The summed E-state index contributed by atoms with van der Waals surface area (Å²) in [4.78, 5) is 27.7. The van der Waals surface area contributed by atoms with Crippen LogP contribution in [-0.4, -0.2) is 52.4 Å². The summed E-state index contributed by atoms with van der Waals surface area (Å²) >= 11 is 0. The summed E-state index contributed by atoms with van der Waals surface area (Å²) in [6.45, 7) is 1.92. The fourth-order valence-electron chi connectivity index (χ4n) is 4.26. The van der Waals surface area contributed by atoms with E-state index in [0.717, 1.165) is 36.2 Å². The van der Waals surface area contributed by atoms with Crippen molar-refractivity contribution < 1.29 is 14.3 Å². The number of H-pyrrole nitrogens is 1. The molecule has 5 rings (SSSR count). The number of pyridine rings is 1. The van der Waals surface area contributed by atoms with Crippen LogP contribution >= 0.6 is 0 Å². The number of benzene rings is 1. The molecule has 150 valence electrons. The number of ketones is 1. The number of aromatic nitrogens is 3. The van der Waals surface area contributed by atoms with Crippen LogP contribution in [0.15, 0.2) is 36.5 Å². The van der Waals surface area contributed by atoms with Crippen LogP contribution in [0.2, 0.25) is 0 Å². The lowest BCUT2D eigenvalue weighted by molar-refractivity contribution is 0.0884. The third kappa shape index (κ3) is 3.58. The fourth-order valence-corrected chi connectivity index (χ4v) is 4.26. The normalized spacial score (nSPS) is 22.0. The molecule has 7 heteroatoms. The van der Waals surface area contributed by atoms with Crippen LogP contribution in [0, 0.1) is 5.92 Å².